The first-order valence-electron chi connectivity index (χ1n) is 12.5. The Kier molecular flexibility index (Phi) is 6.84. The summed E-state index contributed by atoms with van der Waals surface area (Å²) in [5.41, 5.74) is 2.43. The third-order valence-electron chi connectivity index (χ3n) is 7.08. The van der Waals surface area contributed by atoms with Crippen molar-refractivity contribution in [3.8, 4) is 0 Å². The maximum Gasteiger partial charge on any atom is 0.257 e. The van der Waals surface area contributed by atoms with E-state index in [1.54, 1.807) is 30.3 Å². The summed E-state index contributed by atoms with van der Waals surface area (Å²) in [4.78, 5) is 28.2. The van der Waals surface area contributed by atoms with Gasteiger partial charge in [0.15, 0.2) is 15.6 Å². The number of carbonyl (C=O) groups excluding carboxylic acids is 2. The Morgan fingerprint density at radius 3 is 2.29 bits per heavy atom. The lowest BCUT2D eigenvalue weighted by molar-refractivity contribution is 0.0984. The number of ketones is 1. The predicted octanol–water partition coefficient (Wildman–Crippen LogP) is 5.73. The van der Waals surface area contributed by atoms with Crippen molar-refractivity contribution in [2.24, 2.45) is 10.8 Å². The normalized spacial score (nSPS) is 17.3. The number of piperidine rings is 1. The SMILES string of the molecule is CCC(=O)c1ccc(C(=O)Nc2cccc(S(=O)(=O)CC(C)(C)C)c2)c(N2CCC3(CC2)CC3)c1. The van der Waals surface area contributed by atoms with Gasteiger partial charge in [0.25, 0.3) is 5.91 Å². The average Bonchev–Trinajstić information content (AvgIpc) is 3.56. The molecule has 0 unspecified atom stereocenters. The summed E-state index contributed by atoms with van der Waals surface area (Å²) >= 11 is 0. The van der Waals surface area contributed by atoms with Gasteiger partial charge in [0.05, 0.1) is 21.9 Å². The van der Waals surface area contributed by atoms with Crippen LogP contribution in [0.5, 0.6) is 0 Å². The third-order valence-corrected chi connectivity index (χ3v) is 9.30. The van der Waals surface area contributed by atoms with Gasteiger partial charge >= 0.3 is 0 Å². The molecule has 1 saturated carbocycles. The van der Waals surface area contributed by atoms with Gasteiger partial charge in [-0.25, -0.2) is 8.42 Å². The molecule has 4 rings (SSSR count). The Labute approximate surface area is 209 Å². The molecule has 6 nitrogen and oxygen atoms in total. The Morgan fingerprint density at radius 2 is 1.69 bits per heavy atom. The second-order valence-corrected chi connectivity index (χ2v) is 13.3. The molecule has 0 radical (unpaired) electrons. The van der Waals surface area contributed by atoms with Crippen LogP contribution in [0.1, 0.15) is 80.5 Å². The second kappa shape index (κ2) is 9.41. The molecule has 0 bridgehead atoms. The van der Waals surface area contributed by atoms with Gasteiger partial charge in [0.2, 0.25) is 0 Å². The van der Waals surface area contributed by atoms with Gasteiger partial charge in [-0.1, -0.05) is 39.8 Å². The van der Waals surface area contributed by atoms with E-state index in [9.17, 15) is 18.0 Å². The largest absolute Gasteiger partial charge is 0.371 e. The van der Waals surface area contributed by atoms with Crippen LogP contribution in [-0.4, -0.2) is 39.0 Å². The summed E-state index contributed by atoms with van der Waals surface area (Å²) in [6, 6.07) is 11.7. The number of anilines is 2. The molecule has 2 aromatic rings. The predicted molar refractivity (Wildman–Crippen MR) is 140 cm³/mol. The summed E-state index contributed by atoms with van der Waals surface area (Å²) in [6.45, 7) is 9.22. The van der Waals surface area contributed by atoms with Gasteiger partial charge in [0.1, 0.15) is 0 Å². The number of amides is 1. The molecule has 1 N–H and O–H groups in total. The first-order valence-corrected chi connectivity index (χ1v) is 14.1. The molecule has 1 amide bonds. The summed E-state index contributed by atoms with van der Waals surface area (Å²) in [7, 11) is -3.49. The first-order chi connectivity index (χ1) is 16.4. The van der Waals surface area contributed by atoms with Crippen molar-refractivity contribution in [1.29, 1.82) is 0 Å². The molecule has 2 fully saturated rings. The van der Waals surface area contributed by atoms with Crippen molar-refractivity contribution < 1.29 is 18.0 Å². The number of carbonyl (C=O) groups is 2. The Morgan fingerprint density at radius 1 is 1.00 bits per heavy atom. The lowest BCUT2D eigenvalue weighted by Crippen LogP contribution is -2.35. The third kappa shape index (κ3) is 5.95. The van der Waals surface area contributed by atoms with Crippen molar-refractivity contribution in [2.45, 2.75) is 64.7 Å². The van der Waals surface area contributed by atoms with E-state index in [1.807, 2.05) is 33.8 Å². The van der Waals surface area contributed by atoms with E-state index in [2.05, 4.69) is 10.2 Å². The van der Waals surface area contributed by atoms with E-state index in [1.165, 1.54) is 18.9 Å². The summed E-state index contributed by atoms with van der Waals surface area (Å²) in [5, 5.41) is 2.89. The number of sulfone groups is 1. The monoisotopic (exact) mass is 496 g/mol. The van der Waals surface area contributed by atoms with Crippen molar-refractivity contribution in [3.05, 3.63) is 53.6 Å². The van der Waals surface area contributed by atoms with Gasteiger partial charge in [0, 0.05) is 30.8 Å². The van der Waals surface area contributed by atoms with Crippen LogP contribution < -0.4 is 10.2 Å². The Bertz CT molecular complexity index is 1230. The molecule has 35 heavy (non-hydrogen) atoms. The van der Waals surface area contributed by atoms with Crippen molar-refractivity contribution in [1.82, 2.24) is 0 Å². The van der Waals surface area contributed by atoms with Crippen LogP contribution in [0.4, 0.5) is 11.4 Å². The van der Waals surface area contributed by atoms with E-state index >= 15 is 0 Å². The Balaban J connectivity index is 1.60. The minimum Gasteiger partial charge on any atom is -0.371 e. The topological polar surface area (TPSA) is 83.5 Å². The zero-order chi connectivity index (χ0) is 25.4. The van der Waals surface area contributed by atoms with Crippen molar-refractivity contribution in [3.63, 3.8) is 0 Å². The standard InChI is InChI=1S/C28H36N2O4S/c1-5-25(31)20-9-10-23(24(17-20)30-15-13-28(11-12-28)14-16-30)26(32)29-21-7-6-8-22(18-21)35(33,34)19-27(2,3)4/h6-10,17-18H,5,11-16,19H2,1-4H3,(H,29,32). The van der Waals surface area contributed by atoms with Gasteiger partial charge in [-0.15, -0.1) is 0 Å². The van der Waals surface area contributed by atoms with E-state index in [0.29, 0.717) is 28.7 Å². The van der Waals surface area contributed by atoms with Crippen LogP contribution in [0.3, 0.4) is 0 Å². The highest BCUT2D eigenvalue weighted by atomic mass is 32.2. The number of hydrogen-bond acceptors (Lipinski definition) is 5. The zero-order valence-electron chi connectivity index (χ0n) is 21.2. The molecule has 2 aliphatic rings. The quantitative estimate of drug-likeness (QED) is 0.495. The lowest BCUT2D eigenvalue weighted by atomic mass is 9.92. The summed E-state index contributed by atoms with van der Waals surface area (Å²) in [5.74, 6) is -0.247. The molecule has 7 heteroatoms. The van der Waals surface area contributed by atoms with Crippen LogP contribution >= 0.6 is 0 Å². The number of Topliss-reactive ketones (excluding diaryl/α,β-unsaturated/α-hetero) is 1. The molecule has 1 saturated heterocycles. The van der Waals surface area contributed by atoms with E-state index in [4.69, 9.17) is 0 Å². The highest BCUT2D eigenvalue weighted by Gasteiger charge is 2.44. The molecule has 0 atom stereocenters. The molecular formula is C28H36N2O4S. The van der Waals surface area contributed by atoms with Gasteiger partial charge < -0.3 is 10.2 Å². The van der Waals surface area contributed by atoms with Gasteiger partial charge in [-0.3, -0.25) is 9.59 Å². The second-order valence-electron chi connectivity index (χ2n) is 11.3. The molecule has 0 aromatic heterocycles. The molecule has 1 heterocycles. The fraction of sp³-hybridized carbons (Fsp3) is 0.500. The number of nitrogens with one attached hydrogen (secondary N) is 1. The van der Waals surface area contributed by atoms with E-state index in [0.717, 1.165) is 31.6 Å². The fourth-order valence-corrected chi connectivity index (χ4v) is 6.78. The molecule has 1 spiro atoms. The number of benzene rings is 2. The molecular weight excluding hydrogens is 460 g/mol. The minimum absolute atomic E-state index is 0.0188. The van der Waals surface area contributed by atoms with Gasteiger partial charge in [-0.05, 0) is 66.8 Å². The van der Waals surface area contributed by atoms with Crippen LogP contribution in [0.25, 0.3) is 0 Å². The van der Waals surface area contributed by atoms with Crippen molar-refractivity contribution >= 4 is 32.9 Å². The zero-order valence-corrected chi connectivity index (χ0v) is 22.0. The van der Waals surface area contributed by atoms with Crippen LogP contribution in [0.15, 0.2) is 47.4 Å². The molecule has 1 aliphatic carbocycles. The van der Waals surface area contributed by atoms with E-state index < -0.39 is 9.84 Å². The van der Waals surface area contributed by atoms with Crippen LogP contribution in [0, 0.1) is 10.8 Å². The summed E-state index contributed by atoms with van der Waals surface area (Å²) < 4.78 is 25.7. The fourth-order valence-electron chi connectivity index (χ4n) is 4.88. The van der Waals surface area contributed by atoms with Gasteiger partial charge in [-0.2, -0.15) is 0 Å². The molecule has 188 valence electrons. The van der Waals surface area contributed by atoms with Crippen LogP contribution in [-0.2, 0) is 9.84 Å². The first kappa shape index (κ1) is 25.4. The number of hydrogen-bond donors (Lipinski definition) is 1. The minimum atomic E-state index is -3.49. The lowest BCUT2D eigenvalue weighted by Gasteiger charge is -2.35. The highest BCUT2D eigenvalue weighted by Crippen LogP contribution is 2.54. The highest BCUT2D eigenvalue weighted by molar-refractivity contribution is 7.91. The van der Waals surface area contributed by atoms with E-state index in [-0.39, 0.29) is 27.8 Å². The maximum atomic E-state index is 13.4. The smallest absolute Gasteiger partial charge is 0.257 e. The average molecular weight is 497 g/mol. The Hall–Kier alpha value is -2.67. The molecule has 2 aromatic carbocycles. The van der Waals surface area contributed by atoms with Crippen LogP contribution in [0.2, 0.25) is 0 Å². The number of nitrogens with zero attached hydrogens (tertiary/aromatic N) is 1. The molecule has 1 aliphatic heterocycles. The summed E-state index contributed by atoms with van der Waals surface area (Å²) in [6.07, 6.45) is 5.19. The van der Waals surface area contributed by atoms with Crippen molar-refractivity contribution in [2.75, 3.05) is 29.1 Å². The maximum absolute atomic E-state index is 13.4. The number of rotatable bonds is 7.